The molecule has 0 aromatic heterocycles. The van der Waals surface area contributed by atoms with Gasteiger partial charge in [0, 0.05) is 25.8 Å². The molecule has 0 unspecified atom stereocenters. The molecular weight excluding hydrogens is 390 g/mol. The zero-order chi connectivity index (χ0) is 22.3. The molecule has 1 fully saturated rings. The fourth-order valence-corrected chi connectivity index (χ4v) is 3.72. The van der Waals surface area contributed by atoms with Gasteiger partial charge in [-0.25, -0.2) is 0 Å². The molecule has 0 radical (unpaired) electrons. The molecule has 168 valence electrons. The van der Waals surface area contributed by atoms with Crippen LogP contribution in [0.15, 0.2) is 12.1 Å². The molecule has 2 rings (SSSR count). The van der Waals surface area contributed by atoms with Gasteiger partial charge in [-0.2, -0.15) is 0 Å². The van der Waals surface area contributed by atoms with Crippen LogP contribution in [0.1, 0.15) is 44.0 Å². The number of methoxy groups -OCH3 is 2. The molecule has 0 saturated carbocycles. The van der Waals surface area contributed by atoms with E-state index < -0.39 is 10.8 Å². The van der Waals surface area contributed by atoms with Gasteiger partial charge >= 0.3 is 0 Å². The first kappa shape index (κ1) is 23.9. The van der Waals surface area contributed by atoms with Crippen LogP contribution in [-0.4, -0.2) is 62.4 Å². The Hall–Kier alpha value is -2.39. The molecule has 1 aliphatic rings. The number of nitro groups is 1. The highest BCUT2D eigenvalue weighted by atomic mass is 16.7. The Morgan fingerprint density at radius 3 is 2.47 bits per heavy atom. The van der Waals surface area contributed by atoms with Gasteiger partial charge in [-0.15, -0.1) is 0 Å². The number of nitrogens with zero attached hydrogens (tertiary/aromatic N) is 2. The molecule has 9 heteroatoms. The maximum atomic E-state index is 12.9. The summed E-state index contributed by atoms with van der Waals surface area (Å²) >= 11 is 0. The van der Waals surface area contributed by atoms with Crippen LogP contribution in [0.2, 0.25) is 0 Å². The average Bonchev–Trinajstić information content (AvgIpc) is 2.72. The van der Waals surface area contributed by atoms with Crippen molar-refractivity contribution in [1.82, 2.24) is 10.2 Å². The van der Waals surface area contributed by atoms with Crippen LogP contribution in [0.25, 0.3) is 0 Å². The highest BCUT2D eigenvalue weighted by molar-refractivity contribution is 5.99. The minimum absolute atomic E-state index is 0.0589. The second kappa shape index (κ2) is 11.1. The summed E-state index contributed by atoms with van der Waals surface area (Å²) in [5, 5.41) is 14.5. The Kier molecular flexibility index (Phi) is 8.86. The predicted octanol–water partition coefficient (Wildman–Crippen LogP) is 3.07. The van der Waals surface area contributed by atoms with Crippen LogP contribution >= 0.6 is 0 Å². The number of rotatable bonds is 10. The second-order valence-electron chi connectivity index (χ2n) is 8.07. The van der Waals surface area contributed by atoms with Gasteiger partial charge in [0.1, 0.15) is 5.56 Å². The first-order valence-electron chi connectivity index (χ1n) is 10.3. The maximum absolute atomic E-state index is 12.9. The van der Waals surface area contributed by atoms with E-state index in [9.17, 15) is 14.9 Å². The summed E-state index contributed by atoms with van der Waals surface area (Å²) < 4.78 is 15.4. The zero-order valence-corrected chi connectivity index (χ0v) is 18.5. The summed E-state index contributed by atoms with van der Waals surface area (Å²) in [6.07, 6.45) is 2.28. The maximum Gasteiger partial charge on any atom is 0.286 e. The molecular formula is C21H33N3O6. The van der Waals surface area contributed by atoms with Crippen molar-refractivity contribution in [3.63, 3.8) is 0 Å². The Bertz CT molecular complexity index is 732. The van der Waals surface area contributed by atoms with Crippen molar-refractivity contribution in [2.75, 3.05) is 40.6 Å². The number of hydrogen-bond acceptors (Lipinski definition) is 7. The summed E-state index contributed by atoms with van der Waals surface area (Å²) in [5.74, 6) is 0.929. The van der Waals surface area contributed by atoms with E-state index in [1.54, 1.807) is 0 Å². The second-order valence-corrected chi connectivity index (χ2v) is 8.07. The van der Waals surface area contributed by atoms with Gasteiger partial charge in [0.25, 0.3) is 11.6 Å². The Morgan fingerprint density at radius 2 is 1.93 bits per heavy atom. The third-order valence-electron chi connectivity index (χ3n) is 5.58. The molecule has 1 saturated heterocycles. The van der Waals surface area contributed by atoms with Crippen molar-refractivity contribution in [3.8, 4) is 11.5 Å². The molecule has 1 aromatic carbocycles. The van der Waals surface area contributed by atoms with E-state index in [4.69, 9.17) is 14.2 Å². The number of carbonyl (C=O) groups excluding carboxylic acids is 1. The molecule has 1 aromatic rings. The van der Waals surface area contributed by atoms with Crippen molar-refractivity contribution in [2.45, 2.75) is 39.7 Å². The van der Waals surface area contributed by atoms with Crippen LogP contribution < -0.4 is 14.8 Å². The lowest BCUT2D eigenvalue weighted by molar-refractivity contribution is -0.385. The molecule has 1 amide bonds. The van der Waals surface area contributed by atoms with E-state index in [0.717, 1.165) is 31.8 Å². The van der Waals surface area contributed by atoms with Gasteiger partial charge in [0.15, 0.2) is 18.3 Å². The Morgan fingerprint density at radius 1 is 1.27 bits per heavy atom. The Labute approximate surface area is 177 Å². The minimum atomic E-state index is -0.597. The molecule has 1 aliphatic heterocycles. The normalized spacial score (nSPS) is 16.3. The fourth-order valence-electron chi connectivity index (χ4n) is 3.72. The monoisotopic (exact) mass is 423 g/mol. The van der Waals surface area contributed by atoms with Crippen molar-refractivity contribution in [1.29, 1.82) is 0 Å². The first-order chi connectivity index (χ1) is 14.3. The summed E-state index contributed by atoms with van der Waals surface area (Å²) in [6.45, 7) is 8.84. The topological polar surface area (TPSA) is 103 Å². The van der Waals surface area contributed by atoms with Crippen LogP contribution in [0.5, 0.6) is 11.5 Å². The summed E-state index contributed by atoms with van der Waals surface area (Å²) in [4.78, 5) is 26.2. The van der Waals surface area contributed by atoms with Crippen LogP contribution in [0.4, 0.5) is 5.69 Å². The number of ether oxygens (including phenoxy) is 3. The summed E-state index contributed by atoms with van der Waals surface area (Å²) in [5.41, 5.74) is -0.399. The van der Waals surface area contributed by atoms with Crippen molar-refractivity contribution >= 4 is 11.6 Å². The number of nitrogens with one attached hydrogen (secondary N) is 1. The molecule has 9 nitrogen and oxygen atoms in total. The van der Waals surface area contributed by atoms with Gasteiger partial charge in [-0.1, -0.05) is 20.8 Å². The largest absolute Gasteiger partial charge is 0.493 e. The smallest absolute Gasteiger partial charge is 0.286 e. The number of nitro benzene ring substituents is 1. The van der Waals surface area contributed by atoms with E-state index in [2.05, 4.69) is 31.0 Å². The lowest BCUT2D eigenvalue weighted by atomic mass is 9.94. The predicted molar refractivity (Wildman–Crippen MR) is 113 cm³/mol. The zero-order valence-electron chi connectivity index (χ0n) is 18.5. The third-order valence-corrected chi connectivity index (χ3v) is 5.58. The van der Waals surface area contributed by atoms with Crippen molar-refractivity contribution in [3.05, 3.63) is 27.8 Å². The van der Waals surface area contributed by atoms with Gasteiger partial charge in [-0.3, -0.25) is 19.8 Å². The summed E-state index contributed by atoms with van der Waals surface area (Å²) in [7, 11) is 2.85. The highest BCUT2D eigenvalue weighted by Crippen LogP contribution is 2.35. The number of piperidine rings is 1. The van der Waals surface area contributed by atoms with E-state index in [1.165, 1.54) is 26.4 Å². The summed E-state index contributed by atoms with van der Waals surface area (Å²) in [6, 6.07) is 2.70. The number of likely N-dealkylation sites (tertiary alicyclic amines) is 1. The first-order valence-corrected chi connectivity index (χ1v) is 10.3. The fraction of sp³-hybridized carbons (Fsp3) is 0.667. The average molecular weight is 424 g/mol. The lowest BCUT2D eigenvalue weighted by Crippen LogP contribution is -2.49. The molecule has 1 heterocycles. The number of amides is 1. The number of hydrogen-bond donors (Lipinski definition) is 1. The quantitative estimate of drug-likeness (QED) is 0.350. The highest BCUT2D eigenvalue weighted by Gasteiger charge is 2.28. The molecule has 30 heavy (non-hydrogen) atoms. The standard InChI is InChI=1S/C21H33N3O6/c1-14(2)18(23-8-6-15(3)7-9-23)12-22-21(25)16-10-19(29-5)20(30-13-28-4)11-17(16)24(26)27/h10-11,14-15,18H,6-9,12-13H2,1-5H3,(H,22,25)/t18-/m1/s1. The Balaban J connectivity index is 2.18. The van der Waals surface area contributed by atoms with Crippen LogP contribution in [0.3, 0.4) is 0 Å². The van der Waals surface area contributed by atoms with E-state index >= 15 is 0 Å². The van der Waals surface area contributed by atoms with Crippen molar-refractivity contribution < 1.29 is 23.9 Å². The molecule has 0 bridgehead atoms. The van der Waals surface area contributed by atoms with E-state index in [0.29, 0.717) is 12.5 Å². The molecule has 1 atom stereocenters. The molecule has 0 spiro atoms. The van der Waals surface area contributed by atoms with Crippen LogP contribution in [0, 0.1) is 22.0 Å². The minimum Gasteiger partial charge on any atom is -0.493 e. The van der Waals surface area contributed by atoms with Gasteiger partial charge in [0.2, 0.25) is 0 Å². The van der Waals surface area contributed by atoms with Gasteiger partial charge < -0.3 is 19.5 Å². The van der Waals surface area contributed by atoms with Gasteiger partial charge in [-0.05, 0) is 37.8 Å². The van der Waals surface area contributed by atoms with E-state index in [1.807, 2.05) is 0 Å². The van der Waals surface area contributed by atoms with Crippen LogP contribution in [-0.2, 0) is 4.74 Å². The van der Waals surface area contributed by atoms with Gasteiger partial charge in [0.05, 0.1) is 18.1 Å². The number of carbonyl (C=O) groups is 1. The van der Waals surface area contributed by atoms with Crippen molar-refractivity contribution in [2.24, 2.45) is 11.8 Å². The number of benzene rings is 1. The van der Waals surface area contributed by atoms with E-state index in [-0.39, 0.29) is 35.6 Å². The molecule has 0 aliphatic carbocycles. The molecule has 1 N–H and O–H groups in total. The third kappa shape index (κ3) is 6.06. The lowest BCUT2D eigenvalue weighted by Gasteiger charge is -2.38. The SMILES string of the molecule is COCOc1cc([N+](=O)[O-])c(C(=O)NC[C@H](C(C)C)N2CCC(C)CC2)cc1OC.